The summed E-state index contributed by atoms with van der Waals surface area (Å²) in [5, 5.41) is 3.26. The number of fused-ring (bicyclic) bond motifs is 1. The van der Waals surface area contributed by atoms with Gasteiger partial charge < -0.3 is 14.8 Å². The molecule has 2 aliphatic rings. The third-order valence-corrected chi connectivity index (χ3v) is 4.77. The molecule has 0 spiro atoms. The van der Waals surface area contributed by atoms with Crippen LogP contribution in [0.25, 0.3) is 0 Å². The second-order valence-corrected chi connectivity index (χ2v) is 7.03. The Balaban J connectivity index is 1.95. The van der Waals surface area contributed by atoms with Crippen LogP contribution in [0, 0.1) is 11.8 Å². The van der Waals surface area contributed by atoms with Gasteiger partial charge in [-0.3, -0.25) is 4.79 Å². The number of nitrogens with one attached hydrogen (secondary N) is 1. The highest BCUT2D eigenvalue weighted by Gasteiger charge is 2.40. The summed E-state index contributed by atoms with van der Waals surface area (Å²) in [6, 6.07) is 0.289. The highest BCUT2D eigenvalue weighted by atomic mass is 16.5. The van der Waals surface area contributed by atoms with E-state index in [0.29, 0.717) is 37.1 Å². The molecule has 4 heteroatoms. The molecule has 1 N–H and O–H groups in total. The maximum absolute atomic E-state index is 12.0. The van der Waals surface area contributed by atoms with Crippen LogP contribution >= 0.6 is 0 Å². The first-order chi connectivity index (χ1) is 10.1. The number of hydrogen-bond acceptors (Lipinski definition) is 3. The highest BCUT2D eigenvalue weighted by molar-refractivity contribution is 5.76. The van der Waals surface area contributed by atoms with Gasteiger partial charge in [0.1, 0.15) is 0 Å². The van der Waals surface area contributed by atoms with Crippen molar-refractivity contribution in [2.45, 2.75) is 77.0 Å². The largest absolute Gasteiger partial charge is 0.384 e. The van der Waals surface area contributed by atoms with Crippen molar-refractivity contribution < 1.29 is 14.3 Å². The Bertz CT molecular complexity index is 332. The van der Waals surface area contributed by atoms with Crippen LogP contribution in [0.1, 0.15) is 58.8 Å². The number of carbonyl (C=O) groups is 1. The Labute approximate surface area is 129 Å². The summed E-state index contributed by atoms with van der Waals surface area (Å²) in [7, 11) is 1.64. The molecule has 1 saturated heterocycles. The van der Waals surface area contributed by atoms with E-state index in [-0.39, 0.29) is 11.9 Å². The third kappa shape index (κ3) is 4.96. The van der Waals surface area contributed by atoms with E-state index in [1.807, 2.05) is 0 Å². The lowest BCUT2D eigenvalue weighted by molar-refractivity contribution is -0.134. The van der Waals surface area contributed by atoms with E-state index >= 15 is 0 Å². The normalized spacial score (nSPS) is 32.8. The molecular weight excluding hydrogens is 266 g/mol. The highest BCUT2D eigenvalue weighted by Crippen LogP contribution is 2.37. The van der Waals surface area contributed by atoms with E-state index in [1.165, 1.54) is 19.3 Å². The van der Waals surface area contributed by atoms with Gasteiger partial charge in [-0.05, 0) is 31.6 Å². The number of carbonyl (C=O) groups excluding carboxylic acids is 1. The summed E-state index contributed by atoms with van der Waals surface area (Å²) >= 11 is 0. The maximum atomic E-state index is 12.0. The van der Waals surface area contributed by atoms with Crippen molar-refractivity contribution in [3.63, 3.8) is 0 Å². The van der Waals surface area contributed by atoms with Crippen LogP contribution in [0.5, 0.6) is 0 Å². The Morgan fingerprint density at radius 3 is 2.81 bits per heavy atom. The van der Waals surface area contributed by atoms with E-state index in [0.717, 1.165) is 19.3 Å². The molecule has 2 fully saturated rings. The smallest absolute Gasteiger partial charge is 0.222 e. The van der Waals surface area contributed by atoms with Crippen molar-refractivity contribution in [1.82, 2.24) is 5.32 Å². The third-order valence-electron chi connectivity index (χ3n) is 4.77. The zero-order valence-electron chi connectivity index (χ0n) is 13.8. The van der Waals surface area contributed by atoms with Crippen LogP contribution < -0.4 is 5.32 Å². The minimum absolute atomic E-state index is 0.122. The van der Waals surface area contributed by atoms with Crippen molar-refractivity contribution in [3.05, 3.63) is 0 Å². The monoisotopic (exact) mass is 297 g/mol. The first-order valence-electron chi connectivity index (χ1n) is 8.54. The Morgan fingerprint density at radius 1 is 1.33 bits per heavy atom. The molecule has 0 unspecified atom stereocenters. The molecule has 1 saturated carbocycles. The number of methoxy groups -OCH3 is 1. The van der Waals surface area contributed by atoms with Gasteiger partial charge in [-0.15, -0.1) is 0 Å². The fourth-order valence-electron chi connectivity index (χ4n) is 3.83. The van der Waals surface area contributed by atoms with Crippen molar-refractivity contribution >= 4 is 5.91 Å². The van der Waals surface area contributed by atoms with Gasteiger partial charge in [-0.1, -0.05) is 26.7 Å². The fraction of sp³-hybridized carbons (Fsp3) is 0.941. The second-order valence-electron chi connectivity index (χ2n) is 7.03. The van der Waals surface area contributed by atoms with E-state index in [1.54, 1.807) is 7.11 Å². The predicted molar refractivity (Wildman–Crippen MR) is 83.1 cm³/mol. The van der Waals surface area contributed by atoms with E-state index < -0.39 is 0 Å². The topological polar surface area (TPSA) is 47.6 Å². The predicted octanol–water partition coefficient (Wildman–Crippen LogP) is 2.90. The summed E-state index contributed by atoms with van der Waals surface area (Å²) in [5.41, 5.74) is 0. The van der Waals surface area contributed by atoms with Gasteiger partial charge in [0, 0.05) is 25.5 Å². The Hall–Kier alpha value is -0.610. The van der Waals surface area contributed by atoms with E-state index in [4.69, 9.17) is 9.47 Å². The molecule has 1 aliphatic carbocycles. The number of ether oxygens (including phenoxy) is 2. The van der Waals surface area contributed by atoms with Crippen molar-refractivity contribution in [2.75, 3.05) is 13.7 Å². The summed E-state index contributed by atoms with van der Waals surface area (Å²) in [5.74, 6) is 1.27. The van der Waals surface area contributed by atoms with Gasteiger partial charge >= 0.3 is 0 Å². The average molecular weight is 297 g/mol. The van der Waals surface area contributed by atoms with Crippen molar-refractivity contribution in [1.29, 1.82) is 0 Å². The summed E-state index contributed by atoms with van der Waals surface area (Å²) in [4.78, 5) is 12.0. The standard InChI is InChI=1S/C17H31NO3/c1-12(2)10-13-11-15(18-17(19)8-9-20-3)14-6-4-5-7-16(14)21-13/h12-16H,4-11H2,1-3H3,(H,18,19)/t13-,14-,15+,16+/m0/s1. The van der Waals surface area contributed by atoms with Gasteiger partial charge in [-0.2, -0.15) is 0 Å². The molecule has 2 rings (SSSR count). The van der Waals surface area contributed by atoms with Gasteiger partial charge in [0.2, 0.25) is 5.91 Å². The van der Waals surface area contributed by atoms with Crippen LogP contribution in [0.3, 0.4) is 0 Å². The molecular formula is C17H31NO3. The Morgan fingerprint density at radius 2 is 2.10 bits per heavy atom. The molecule has 1 aliphatic heterocycles. The lowest BCUT2D eigenvalue weighted by atomic mass is 9.76. The first kappa shape index (κ1) is 16.8. The average Bonchev–Trinajstić information content (AvgIpc) is 2.44. The van der Waals surface area contributed by atoms with Crippen LogP contribution in [-0.2, 0) is 14.3 Å². The zero-order valence-corrected chi connectivity index (χ0v) is 13.8. The van der Waals surface area contributed by atoms with Crippen molar-refractivity contribution in [2.24, 2.45) is 11.8 Å². The molecule has 21 heavy (non-hydrogen) atoms. The SMILES string of the molecule is COCCC(=O)N[C@@H]1C[C@H](CC(C)C)O[C@@H]2CCCC[C@@H]12. The molecule has 122 valence electrons. The molecule has 0 radical (unpaired) electrons. The van der Waals surface area contributed by atoms with E-state index in [2.05, 4.69) is 19.2 Å². The van der Waals surface area contributed by atoms with Crippen molar-refractivity contribution in [3.8, 4) is 0 Å². The molecule has 4 nitrogen and oxygen atoms in total. The molecule has 0 aromatic carbocycles. The zero-order chi connectivity index (χ0) is 15.2. The summed E-state index contributed by atoms with van der Waals surface area (Å²) in [6.45, 7) is 4.98. The van der Waals surface area contributed by atoms with Crippen LogP contribution in [0.15, 0.2) is 0 Å². The quantitative estimate of drug-likeness (QED) is 0.820. The molecule has 0 aromatic rings. The second kappa shape index (κ2) is 8.14. The van der Waals surface area contributed by atoms with Crippen LogP contribution in [0.2, 0.25) is 0 Å². The van der Waals surface area contributed by atoms with Gasteiger partial charge in [0.25, 0.3) is 0 Å². The molecule has 4 atom stereocenters. The molecule has 0 bridgehead atoms. The molecule has 0 aromatic heterocycles. The van der Waals surface area contributed by atoms with Crippen LogP contribution in [-0.4, -0.2) is 37.9 Å². The van der Waals surface area contributed by atoms with Crippen LogP contribution in [0.4, 0.5) is 0 Å². The number of amides is 1. The van der Waals surface area contributed by atoms with Gasteiger partial charge in [0.05, 0.1) is 18.8 Å². The number of hydrogen-bond donors (Lipinski definition) is 1. The Kier molecular flexibility index (Phi) is 6.49. The minimum atomic E-state index is 0.122. The van der Waals surface area contributed by atoms with Gasteiger partial charge in [0.15, 0.2) is 0 Å². The molecule has 1 amide bonds. The fourth-order valence-corrected chi connectivity index (χ4v) is 3.83. The molecule has 1 heterocycles. The lowest BCUT2D eigenvalue weighted by Crippen LogP contribution is -2.53. The maximum Gasteiger partial charge on any atom is 0.222 e. The summed E-state index contributed by atoms with van der Waals surface area (Å²) < 4.78 is 11.3. The number of rotatable bonds is 6. The summed E-state index contributed by atoms with van der Waals surface area (Å²) in [6.07, 6.45) is 8.05. The lowest BCUT2D eigenvalue weighted by Gasteiger charge is -2.45. The van der Waals surface area contributed by atoms with E-state index in [9.17, 15) is 4.79 Å². The first-order valence-corrected chi connectivity index (χ1v) is 8.54. The van der Waals surface area contributed by atoms with Gasteiger partial charge in [-0.25, -0.2) is 0 Å². The minimum Gasteiger partial charge on any atom is -0.384 e.